The van der Waals surface area contributed by atoms with Crippen molar-refractivity contribution in [1.29, 1.82) is 0 Å². The summed E-state index contributed by atoms with van der Waals surface area (Å²) < 4.78 is 5.13. The van der Waals surface area contributed by atoms with E-state index < -0.39 is 0 Å². The Bertz CT molecular complexity index is 523. The predicted molar refractivity (Wildman–Crippen MR) is 64.4 cm³/mol. The van der Waals surface area contributed by atoms with E-state index in [1.807, 2.05) is 30.3 Å². The van der Waals surface area contributed by atoms with E-state index in [4.69, 9.17) is 9.52 Å². The molecular formula is C14H12O3. The summed E-state index contributed by atoms with van der Waals surface area (Å²) in [5.74, 6) is 0.413. The van der Waals surface area contributed by atoms with Crippen LogP contribution in [0, 0.1) is 0 Å². The summed E-state index contributed by atoms with van der Waals surface area (Å²) in [6.07, 6.45) is 3.18. The summed E-state index contributed by atoms with van der Waals surface area (Å²) >= 11 is 0. The zero-order valence-corrected chi connectivity index (χ0v) is 9.17. The van der Waals surface area contributed by atoms with Crippen LogP contribution in [0.1, 0.15) is 21.9 Å². The van der Waals surface area contributed by atoms with Crippen molar-refractivity contribution in [1.82, 2.24) is 0 Å². The number of benzene rings is 1. The summed E-state index contributed by atoms with van der Waals surface area (Å²) in [5.41, 5.74) is 0.954. The molecule has 1 aromatic heterocycles. The average molecular weight is 228 g/mol. The molecule has 0 bridgehead atoms. The van der Waals surface area contributed by atoms with E-state index >= 15 is 0 Å². The van der Waals surface area contributed by atoms with Crippen LogP contribution in [0.15, 0.2) is 53.0 Å². The molecule has 2 rings (SSSR count). The van der Waals surface area contributed by atoms with E-state index in [2.05, 4.69) is 0 Å². The molecule has 3 nitrogen and oxygen atoms in total. The van der Waals surface area contributed by atoms with Gasteiger partial charge in [0, 0.05) is 0 Å². The fourth-order valence-corrected chi connectivity index (χ4v) is 1.41. The topological polar surface area (TPSA) is 50.4 Å². The Balaban J connectivity index is 2.09. The lowest BCUT2D eigenvalue weighted by Gasteiger charge is -1.91. The second-order valence-electron chi connectivity index (χ2n) is 3.53. The minimum Gasteiger partial charge on any atom is -0.455 e. The van der Waals surface area contributed by atoms with Crippen molar-refractivity contribution in [3.8, 4) is 0 Å². The van der Waals surface area contributed by atoms with Gasteiger partial charge in [0.2, 0.25) is 5.78 Å². The first-order valence-corrected chi connectivity index (χ1v) is 5.26. The highest BCUT2D eigenvalue weighted by Crippen LogP contribution is 2.10. The van der Waals surface area contributed by atoms with Gasteiger partial charge in [-0.05, 0) is 23.8 Å². The largest absolute Gasteiger partial charge is 0.455 e. The van der Waals surface area contributed by atoms with Crippen LogP contribution in [0.25, 0.3) is 6.08 Å². The van der Waals surface area contributed by atoms with Crippen LogP contribution in [0.2, 0.25) is 0 Å². The van der Waals surface area contributed by atoms with Crippen molar-refractivity contribution in [3.05, 3.63) is 65.6 Å². The molecule has 17 heavy (non-hydrogen) atoms. The van der Waals surface area contributed by atoms with Gasteiger partial charge in [-0.15, -0.1) is 0 Å². The van der Waals surface area contributed by atoms with Crippen molar-refractivity contribution in [2.45, 2.75) is 6.61 Å². The number of rotatable bonds is 4. The van der Waals surface area contributed by atoms with Crippen LogP contribution in [-0.2, 0) is 6.61 Å². The van der Waals surface area contributed by atoms with Gasteiger partial charge in [0.05, 0.1) is 0 Å². The molecule has 0 saturated heterocycles. The monoisotopic (exact) mass is 228 g/mol. The Kier molecular flexibility index (Phi) is 3.52. The molecule has 1 N–H and O–H groups in total. The molecule has 86 valence electrons. The van der Waals surface area contributed by atoms with Gasteiger partial charge < -0.3 is 9.52 Å². The molecule has 0 spiro atoms. The minimum absolute atomic E-state index is 0.199. The maximum absolute atomic E-state index is 11.7. The lowest BCUT2D eigenvalue weighted by Crippen LogP contribution is -1.90. The first-order valence-electron chi connectivity index (χ1n) is 5.26. The molecule has 0 atom stereocenters. The fourth-order valence-electron chi connectivity index (χ4n) is 1.41. The number of aliphatic hydroxyl groups is 1. The first kappa shape index (κ1) is 11.4. The van der Waals surface area contributed by atoms with E-state index in [1.165, 1.54) is 6.08 Å². The molecule has 2 aromatic rings. The highest BCUT2D eigenvalue weighted by molar-refractivity contribution is 6.04. The smallest absolute Gasteiger partial charge is 0.221 e. The van der Waals surface area contributed by atoms with Crippen LogP contribution >= 0.6 is 0 Å². The molecule has 0 aliphatic rings. The number of furan rings is 1. The molecule has 1 heterocycles. The second kappa shape index (κ2) is 5.27. The molecule has 3 heteroatoms. The first-order chi connectivity index (χ1) is 8.29. The van der Waals surface area contributed by atoms with Gasteiger partial charge >= 0.3 is 0 Å². The summed E-state index contributed by atoms with van der Waals surface area (Å²) in [6.45, 7) is -0.199. The number of hydrogen-bond acceptors (Lipinski definition) is 3. The fraction of sp³-hybridized carbons (Fsp3) is 0.0714. The normalized spacial score (nSPS) is 10.9. The van der Waals surface area contributed by atoms with Crippen LogP contribution in [0.3, 0.4) is 0 Å². The molecule has 0 fully saturated rings. The second-order valence-corrected chi connectivity index (χ2v) is 3.53. The van der Waals surface area contributed by atoms with Crippen molar-refractivity contribution in [2.24, 2.45) is 0 Å². The highest BCUT2D eigenvalue weighted by Gasteiger charge is 2.07. The maximum atomic E-state index is 11.7. The summed E-state index contributed by atoms with van der Waals surface area (Å²) in [7, 11) is 0. The summed E-state index contributed by atoms with van der Waals surface area (Å²) in [4.78, 5) is 11.7. The number of aliphatic hydroxyl groups excluding tert-OH is 1. The van der Waals surface area contributed by atoms with Crippen molar-refractivity contribution in [2.75, 3.05) is 0 Å². The zero-order valence-electron chi connectivity index (χ0n) is 9.17. The quantitative estimate of drug-likeness (QED) is 0.646. The van der Waals surface area contributed by atoms with Gasteiger partial charge in [-0.1, -0.05) is 36.4 Å². The number of ketones is 1. The average Bonchev–Trinajstić information content (AvgIpc) is 2.86. The third-order valence-electron chi connectivity index (χ3n) is 2.29. The van der Waals surface area contributed by atoms with Crippen LogP contribution in [0.5, 0.6) is 0 Å². The molecule has 0 saturated carbocycles. The number of carbonyl (C=O) groups excluding carboxylic acids is 1. The van der Waals surface area contributed by atoms with E-state index in [9.17, 15) is 4.79 Å². The van der Waals surface area contributed by atoms with Crippen molar-refractivity contribution >= 4 is 11.9 Å². The molecule has 0 radical (unpaired) electrons. The predicted octanol–water partition coefficient (Wildman–Crippen LogP) is 2.67. The Morgan fingerprint density at radius 1 is 1.18 bits per heavy atom. The van der Waals surface area contributed by atoms with Gasteiger partial charge in [0.25, 0.3) is 0 Å². The Hall–Kier alpha value is -2.13. The maximum Gasteiger partial charge on any atom is 0.221 e. The van der Waals surface area contributed by atoms with Crippen LogP contribution < -0.4 is 0 Å². The third kappa shape index (κ3) is 2.92. The standard InChI is InChI=1S/C14H12O3/c15-10-12-7-9-14(17-12)13(16)8-6-11-4-2-1-3-5-11/h1-9,15H,10H2/b8-6+. The number of carbonyl (C=O) groups is 1. The Morgan fingerprint density at radius 3 is 2.59 bits per heavy atom. The summed E-state index contributed by atoms with van der Waals surface area (Å²) in [6, 6.07) is 12.7. The number of hydrogen-bond donors (Lipinski definition) is 1. The summed E-state index contributed by atoms with van der Waals surface area (Å²) in [5, 5.41) is 8.82. The molecule has 0 aliphatic heterocycles. The van der Waals surface area contributed by atoms with Gasteiger partial charge in [-0.25, -0.2) is 0 Å². The molecule has 0 amide bonds. The Morgan fingerprint density at radius 2 is 1.94 bits per heavy atom. The van der Waals surface area contributed by atoms with E-state index in [-0.39, 0.29) is 18.2 Å². The lowest BCUT2D eigenvalue weighted by molar-refractivity contribution is 0.101. The van der Waals surface area contributed by atoms with Gasteiger partial charge in [-0.2, -0.15) is 0 Å². The molecule has 0 unspecified atom stereocenters. The van der Waals surface area contributed by atoms with Gasteiger partial charge in [0.1, 0.15) is 12.4 Å². The van der Waals surface area contributed by atoms with E-state index in [0.29, 0.717) is 5.76 Å². The lowest BCUT2D eigenvalue weighted by atomic mass is 10.2. The van der Waals surface area contributed by atoms with Crippen LogP contribution in [0.4, 0.5) is 0 Å². The highest BCUT2D eigenvalue weighted by atomic mass is 16.4. The number of allylic oxidation sites excluding steroid dienone is 1. The van der Waals surface area contributed by atoms with E-state index in [1.54, 1.807) is 18.2 Å². The minimum atomic E-state index is -0.214. The SMILES string of the molecule is O=C(/C=C/c1ccccc1)c1ccc(CO)o1. The molecule has 1 aromatic carbocycles. The molecule has 0 aliphatic carbocycles. The van der Waals surface area contributed by atoms with Gasteiger partial charge in [-0.3, -0.25) is 4.79 Å². The van der Waals surface area contributed by atoms with Crippen LogP contribution in [-0.4, -0.2) is 10.9 Å². The third-order valence-corrected chi connectivity index (χ3v) is 2.29. The molecular weight excluding hydrogens is 216 g/mol. The van der Waals surface area contributed by atoms with Gasteiger partial charge in [0.15, 0.2) is 5.76 Å². The van der Waals surface area contributed by atoms with Crippen molar-refractivity contribution in [3.63, 3.8) is 0 Å². The Labute approximate surface area is 99.0 Å². The zero-order chi connectivity index (χ0) is 12.1. The van der Waals surface area contributed by atoms with Crippen molar-refractivity contribution < 1.29 is 14.3 Å². The van der Waals surface area contributed by atoms with E-state index in [0.717, 1.165) is 5.56 Å².